The SMILES string of the molecule is [B]C(C)(CC)Cc1oc(=NCC)n(C)c1CCC. The maximum absolute atomic E-state index is 6.25. The number of nitrogens with zero attached hydrogens (tertiary/aromatic N) is 2. The summed E-state index contributed by atoms with van der Waals surface area (Å²) in [6, 6.07) is 0. The molecule has 0 aliphatic carbocycles. The van der Waals surface area contributed by atoms with Gasteiger partial charge in [-0.15, -0.1) is 0 Å². The minimum absolute atomic E-state index is 0.211. The summed E-state index contributed by atoms with van der Waals surface area (Å²) in [5.74, 6) is 0.999. The molecule has 0 spiro atoms. The Morgan fingerprint density at radius 1 is 1.33 bits per heavy atom. The molecular formula is C14H25BN2O. The van der Waals surface area contributed by atoms with Gasteiger partial charge in [0.15, 0.2) is 0 Å². The monoisotopic (exact) mass is 248 g/mol. The van der Waals surface area contributed by atoms with E-state index in [0.29, 0.717) is 5.68 Å². The molecule has 0 fully saturated rings. The van der Waals surface area contributed by atoms with Crippen LogP contribution in [0.25, 0.3) is 0 Å². The number of oxazole rings is 1. The average molecular weight is 248 g/mol. The van der Waals surface area contributed by atoms with Crippen LogP contribution in [-0.4, -0.2) is 19.0 Å². The quantitative estimate of drug-likeness (QED) is 0.712. The fraction of sp³-hybridized carbons (Fsp3) is 0.786. The van der Waals surface area contributed by atoms with Crippen LogP contribution in [0, 0.1) is 0 Å². The van der Waals surface area contributed by atoms with Crippen molar-refractivity contribution >= 4 is 7.85 Å². The fourth-order valence-electron chi connectivity index (χ4n) is 1.99. The number of hydrogen-bond acceptors (Lipinski definition) is 2. The second kappa shape index (κ2) is 6.30. The zero-order valence-corrected chi connectivity index (χ0v) is 12.4. The molecule has 0 saturated carbocycles. The van der Waals surface area contributed by atoms with Gasteiger partial charge in [0.25, 0.3) is 5.68 Å². The molecule has 1 atom stereocenters. The summed E-state index contributed by atoms with van der Waals surface area (Å²) in [5.41, 5.74) is 1.94. The molecule has 4 heteroatoms. The van der Waals surface area contributed by atoms with E-state index in [0.717, 1.165) is 38.0 Å². The first-order valence-electron chi connectivity index (χ1n) is 6.92. The maximum Gasteiger partial charge on any atom is 0.296 e. The minimum Gasteiger partial charge on any atom is -0.428 e. The molecule has 1 unspecified atom stereocenters. The van der Waals surface area contributed by atoms with Crippen molar-refractivity contribution in [3.8, 4) is 0 Å². The number of aromatic nitrogens is 1. The van der Waals surface area contributed by atoms with E-state index in [-0.39, 0.29) is 5.31 Å². The van der Waals surface area contributed by atoms with Crippen molar-refractivity contribution in [1.82, 2.24) is 4.57 Å². The van der Waals surface area contributed by atoms with Crippen molar-refractivity contribution in [3.05, 3.63) is 17.1 Å². The first kappa shape index (κ1) is 15.1. The van der Waals surface area contributed by atoms with Gasteiger partial charge in [-0.3, -0.25) is 4.57 Å². The fourth-order valence-corrected chi connectivity index (χ4v) is 1.99. The third-order valence-corrected chi connectivity index (χ3v) is 3.38. The molecule has 0 aliphatic heterocycles. The van der Waals surface area contributed by atoms with Crippen LogP contribution in [0.2, 0.25) is 5.31 Å². The lowest BCUT2D eigenvalue weighted by Crippen LogP contribution is -2.15. The van der Waals surface area contributed by atoms with Gasteiger partial charge in [-0.25, -0.2) is 4.99 Å². The van der Waals surface area contributed by atoms with Gasteiger partial charge in [0.2, 0.25) is 0 Å². The van der Waals surface area contributed by atoms with Crippen LogP contribution in [0.4, 0.5) is 0 Å². The van der Waals surface area contributed by atoms with Crippen molar-refractivity contribution < 1.29 is 4.42 Å². The molecule has 18 heavy (non-hydrogen) atoms. The summed E-state index contributed by atoms with van der Waals surface area (Å²) >= 11 is 0. The second-order valence-corrected chi connectivity index (χ2v) is 5.22. The van der Waals surface area contributed by atoms with E-state index >= 15 is 0 Å². The summed E-state index contributed by atoms with van der Waals surface area (Å²) in [4.78, 5) is 4.38. The summed E-state index contributed by atoms with van der Waals surface area (Å²) in [6.45, 7) is 9.11. The molecule has 0 saturated heterocycles. The highest BCUT2D eigenvalue weighted by Gasteiger charge is 2.21. The van der Waals surface area contributed by atoms with Crippen molar-refractivity contribution in [3.63, 3.8) is 0 Å². The Morgan fingerprint density at radius 2 is 2.00 bits per heavy atom. The standard InChI is InChI=1S/C14H25BN2O/c1-6-9-11-12(10-14(4,15)7-2)18-13(16-8-3)17(11)5/h6-10H2,1-5H3. The Morgan fingerprint density at radius 3 is 2.50 bits per heavy atom. The van der Waals surface area contributed by atoms with E-state index in [1.54, 1.807) is 0 Å². The molecule has 0 amide bonds. The highest BCUT2D eigenvalue weighted by Crippen LogP contribution is 2.31. The van der Waals surface area contributed by atoms with E-state index in [1.807, 2.05) is 14.0 Å². The van der Waals surface area contributed by atoms with Gasteiger partial charge < -0.3 is 4.42 Å². The predicted molar refractivity (Wildman–Crippen MR) is 75.9 cm³/mol. The molecule has 3 nitrogen and oxygen atoms in total. The van der Waals surface area contributed by atoms with Crippen LogP contribution in [-0.2, 0) is 19.9 Å². The van der Waals surface area contributed by atoms with E-state index in [9.17, 15) is 0 Å². The molecule has 100 valence electrons. The van der Waals surface area contributed by atoms with Gasteiger partial charge in [-0.05, 0) is 13.3 Å². The molecule has 1 heterocycles. The van der Waals surface area contributed by atoms with Crippen LogP contribution in [0.5, 0.6) is 0 Å². The first-order valence-corrected chi connectivity index (χ1v) is 6.92. The van der Waals surface area contributed by atoms with Gasteiger partial charge in [0.05, 0.1) is 13.5 Å². The van der Waals surface area contributed by atoms with Crippen LogP contribution >= 0.6 is 0 Å². The lowest BCUT2D eigenvalue weighted by molar-refractivity contribution is 0.412. The lowest BCUT2D eigenvalue weighted by Gasteiger charge is -2.21. The van der Waals surface area contributed by atoms with Gasteiger partial charge in [-0.2, -0.15) is 0 Å². The molecule has 2 radical (unpaired) electrons. The molecule has 0 bridgehead atoms. The lowest BCUT2D eigenvalue weighted by atomic mass is 9.66. The maximum atomic E-state index is 6.25. The van der Waals surface area contributed by atoms with Crippen molar-refractivity contribution in [2.45, 2.75) is 58.7 Å². The highest BCUT2D eigenvalue weighted by molar-refractivity contribution is 6.14. The van der Waals surface area contributed by atoms with Crippen molar-refractivity contribution in [2.24, 2.45) is 12.0 Å². The Labute approximate surface area is 112 Å². The van der Waals surface area contributed by atoms with Crippen LogP contribution < -0.4 is 5.68 Å². The van der Waals surface area contributed by atoms with Gasteiger partial charge in [-0.1, -0.05) is 38.9 Å². The van der Waals surface area contributed by atoms with Crippen molar-refractivity contribution in [1.29, 1.82) is 0 Å². The van der Waals surface area contributed by atoms with E-state index in [4.69, 9.17) is 12.3 Å². The molecule has 1 rings (SSSR count). The molecular weight excluding hydrogens is 223 g/mol. The Hall–Kier alpha value is -0.925. The van der Waals surface area contributed by atoms with Gasteiger partial charge >= 0.3 is 0 Å². The first-order chi connectivity index (χ1) is 8.45. The van der Waals surface area contributed by atoms with E-state index in [1.165, 1.54) is 5.69 Å². The molecule has 1 aromatic heterocycles. The summed E-state index contributed by atoms with van der Waals surface area (Å²) in [7, 11) is 8.27. The van der Waals surface area contributed by atoms with Crippen LogP contribution in [0.1, 0.15) is 52.0 Å². The number of hydrogen-bond donors (Lipinski definition) is 0. The predicted octanol–water partition coefficient (Wildman–Crippen LogP) is 2.79. The van der Waals surface area contributed by atoms with E-state index in [2.05, 4.69) is 30.3 Å². The zero-order chi connectivity index (χ0) is 13.8. The smallest absolute Gasteiger partial charge is 0.296 e. The van der Waals surface area contributed by atoms with Gasteiger partial charge in [0, 0.05) is 20.0 Å². The Kier molecular flexibility index (Phi) is 5.30. The number of rotatable bonds is 6. The third-order valence-electron chi connectivity index (χ3n) is 3.38. The van der Waals surface area contributed by atoms with Crippen LogP contribution in [0.15, 0.2) is 9.41 Å². The Bertz CT molecular complexity index is 443. The average Bonchev–Trinajstić information content (AvgIpc) is 2.58. The summed E-state index contributed by atoms with van der Waals surface area (Å²) in [6.07, 6.45) is 3.81. The minimum atomic E-state index is -0.211. The topological polar surface area (TPSA) is 30.4 Å². The third kappa shape index (κ3) is 3.53. The Balaban J connectivity index is 3.17. The molecule has 0 aromatic carbocycles. The second-order valence-electron chi connectivity index (χ2n) is 5.22. The van der Waals surface area contributed by atoms with Crippen LogP contribution in [0.3, 0.4) is 0 Å². The zero-order valence-electron chi connectivity index (χ0n) is 12.4. The summed E-state index contributed by atoms with van der Waals surface area (Å²) < 4.78 is 7.96. The summed E-state index contributed by atoms with van der Waals surface area (Å²) in [5, 5.41) is -0.211. The van der Waals surface area contributed by atoms with E-state index < -0.39 is 0 Å². The van der Waals surface area contributed by atoms with Gasteiger partial charge in [0.1, 0.15) is 5.76 Å². The van der Waals surface area contributed by atoms with Crippen molar-refractivity contribution in [2.75, 3.05) is 6.54 Å². The molecule has 0 N–H and O–H groups in total. The molecule has 1 aromatic rings. The molecule has 0 aliphatic rings. The normalized spacial score (nSPS) is 15.9. The highest BCUT2D eigenvalue weighted by atomic mass is 16.4. The largest absolute Gasteiger partial charge is 0.428 e.